The minimum atomic E-state index is -0.839. The van der Waals surface area contributed by atoms with Crippen molar-refractivity contribution < 1.29 is 14.7 Å². The summed E-state index contributed by atoms with van der Waals surface area (Å²) in [5.41, 5.74) is 1.09. The Hall–Kier alpha value is -1.84. The number of rotatable bonds is 6. The molecule has 0 heterocycles. The van der Waals surface area contributed by atoms with Crippen molar-refractivity contribution >= 4 is 11.9 Å². The molecule has 1 rings (SSSR count). The zero-order valence-electron chi connectivity index (χ0n) is 9.85. The second-order valence-corrected chi connectivity index (χ2v) is 4.02. The summed E-state index contributed by atoms with van der Waals surface area (Å²) in [5, 5.41) is 11.4. The molecule has 4 heteroatoms. The Bertz CT molecular complexity index is 376. The molecule has 1 aromatic carbocycles. The third-order valence-electron chi connectivity index (χ3n) is 2.44. The van der Waals surface area contributed by atoms with Gasteiger partial charge in [0, 0.05) is 19.4 Å². The van der Waals surface area contributed by atoms with Crippen LogP contribution in [0, 0.1) is 0 Å². The molecule has 0 radical (unpaired) electrons. The minimum absolute atomic E-state index is 0.0672. The highest BCUT2D eigenvalue weighted by molar-refractivity contribution is 5.73. The highest BCUT2D eigenvalue weighted by atomic mass is 16.4. The number of carboxylic acid groups (broad SMARTS) is 1. The van der Waals surface area contributed by atoms with Gasteiger partial charge in [0.2, 0.25) is 5.91 Å². The van der Waals surface area contributed by atoms with Crippen LogP contribution in [0.3, 0.4) is 0 Å². The van der Waals surface area contributed by atoms with Crippen LogP contribution in [0.4, 0.5) is 0 Å². The summed E-state index contributed by atoms with van der Waals surface area (Å²) in [4.78, 5) is 21.6. The lowest BCUT2D eigenvalue weighted by molar-refractivity contribution is -0.137. The lowest BCUT2D eigenvalue weighted by Crippen LogP contribution is -2.35. The summed E-state index contributed by atoms with van der Waals surface area (Å²) in [5.74, 6) is -0.968. The van der Waals surface area contributed by atoms with E-state index in [9.17, 15) is 9.59 Å². The lowest BCUT2D eigenvalue weighted by atomic mass is 10.0. The monoisotopic (exact) mass is 235 g/mol. The average molecular weight is 235 g/mol. The Labute approximate surface area is 101 Å². The van der Waals surface area contributed by atoms with E-state index in [0.29, 0.717) is 12.8 Å². The number of hydrogen-bond acceptors (Lipinski definition) is 2. The highest BCUT2D eigenvalue weighted by Crippen LogP contribution is 2.07. The summed E-state index contributed by atoms with van der Waals surface area (Å²) in [6.07, 6.45) is 1.18. The predicted molar refractivity (Wildman–Crippen MR) is 64.6 cm³/mol. The van der Waals surface area contributed by atoms with Gasteiger partial charge in [-0.15, -0.1) is 0 Å². The van der Waals surface area contributed by atoms with Gasteiger partial charge < -0.3 is 10.4 Å². The number of carbonyl (C=O) groups is 2. The molecular weight excluding hydrogens is 218 g/mol. The van der Waals surface area contributed by atoms with Gasteiger partial charge in [-0.2, -0.15) is 0 Å². The maximum atomic E-state index is 11.0. The second-order valence-electron chi connectivity index (χ2n) is 4.02. The maximum Gasteiger partial charge on any atom is 0.303 e. The first-order valence-electron chi connectivity index (χ1n) is 5.60. The molecule has 1 atom stereocenters. The number of carbonyl (C=O) groups excluding carboxylic acids is 1. The number of hydrogen-bond donors (Lipinski definition) is 2. The summed E-state index contributed by atoms with van der Waals surface area (Å²) >= 11 is 0. The Morgan fingerprint density at radius 3 is 2.47 bits per heavy atom. The van der Waals surface area contributed by atoms with E-state index in [4.69, 9.17) is 5.11 Å². The number of benzene rings is 1. The quantitative estimate of drug-likeness (QED) is 0.787. The summed E-state index contributed by atoms with van der Waals surface area (Å²) < 4.78 is 0. The molecule has 4 nitrogen and oxygen atoms in total. The van der Waals surface area contributed by atoms with Crippen molar-refractivity contribution in [3.63, 3.8) is 0 Å². The van der Waals surface area contributed by atoms with E-state index in [1.54, 1.807) is 0 Å². The molecule has 1 unspecified atom stereocenters. The van der Waals surface area contributed by atoms with Gasteiger partial charge in [-0.05, 0) is 18.4 Å². The van der Waals surface area contributed by atoms with E-state index < -0.39 is 5.97 Å². The third kappa shape index (κ3) is 5.70. The van der Waals surface area contributed by atoms with Crippen molar-refractivity contribution in [3.05, 3.63) is 35.9 Å². The fourth-order valence-corrected chi connectivity index (χ4v) is 1.71. The lowest BCUT2D eigenvalue weighted by Gasteiger charge is -2.17. The topological polar surface area (TPSA) is 66.4 Å². The molecule has 0 fully saturated rings. The van der Waals surface area contributed by atoms with E-state index in [0.717, 1.165) is 5.56 Å². The molecule has 92 valence electrons. The Morgan fingerprint density at radius 1 is 1.29 bits per heavy atom. The van der Waals surface area contributed by atoms with Crippen LogP contribution in [0.15, 0.2) is 30.3 Å². The van der Waals surface area contributed by atoms with Crippen molar-refractivity contribution in [2.45, 2.75) is 32.2 Å². The fourth-order valence-electron chi connectivity index (χ4n) is 1.71. The fraction of sp³-hybridized carbons (Fsp3) is 0.385. The zero-order chi connectivity index (χ0) is 12.7. The van der Waals surface area contributed by atoms with Crippen molar-refractivity contribution in [3.8, 4) is 0 Å². The van der Waals surface area contributed by atoms with Gasteiger partial charge in [0.05, 0.1) is 0 Å². The molecule has 0 aliphatic rings. The normalized spacial score (nSPS) is 11.8. The molecule has 0 spiro atoms. The molecule has 0 saturated carbocycles. The van der Waals surface area contributed by atoms with E-state index in [1.807, 2.05) is 30.3 Å². The summed E-state index contributed by atoms with van der Waals surface area (Å²) in [6, 6.07) is 9.60. The standard InChI is InChI=1S/C13H17NO3/c1-10(15)14-12(7-8-13(16)17)9-11-5-3-2-4-6-11/h2-6,12H,7-9H2,1H3,(H,14,15)(H,16,17). The van der Waals surface area contributed by atoms with Gasteiger partial charge in [-0.25, -0.2) is 0 Å². The molecule has 2 N–H and O–H groups in total. The van der Waals surface area contributed by atoms with Crippen LogP contribution in [0.1, 0.15) is 25.3 Å². The summed E-state index contributed by atoms with van der Waals surface area (Å²) in [6.45, 7) is 1.44. The van der Waals surface area contributed by atoms with Gasteiger partial charge in [0.25, 0.3) is 0 Å². The number of nitrogens with one attached hydrogen (secondary N) is 1. The van der Waals surface area contributed by atoms with Crippen LogP contribution in [-0.4, -0.2) is 23.0 Å². The highest BCUT2D eigenvalue weighted by Gasteiger charge is 2.12. The molecule has 0 aliphatic carbocycles. The zero-order valence-corrected chi connectivity index (χ0v) is 9.85. The number of amides is 1. The van der Waals surface area contributed by atoms with Gasteiger partial charge >= 0.3 is 5.97 Å². The predicted octanol–water partition coefficient (Wildman–Crippen LogP) is 1.60. The first kappa shape index (κ1) is 13.2. The molecular formula is C13H17NO3. The first-order valence-corrected chi connectivity index (χ1v) is 5.60. The van der Waals surface area contributed by atoms with Crippen LogP contribution in [-0.2, 0) is 16.0 Å². The molecule has 17 heavy (non-hydrogen) atoms. The van der Waals surface area contributed by atoms with Gasteiger partial charge in [0.1, 0.15) is 0 Å². The number of carboxylic acids is 1. The van der Waals surface area contributed by atoms with Crippen molar-refractivity contribution in [2.24, 2.45) is 0 Å². The smallest absolute Gasteiger partial charge is 0.303 e. The van der Waals surface area contributed by atoms with Crippen LogP contribution < -0.4 is 5.32 Å². The summed E-state index contributed by atoms with van der Waals surface area (Å²) in [7, 11) is 0. The minimum Gasteiger partial charge on any atom is -0.481 e. The van der Waals surface area contributed by atoms with Crippen molar-refractivity contribution in [1.29, 1.82) is 0 Å². The molecule has 0 saturated heterocycles. The Balaban J connectivity index is 2.56. The maximum absolute atomic E-state index is 11.0. The van der Waals surface area contributed by atoms with Gasteiger partial charge in [0.15, 0.2) is 0 Å². The van der Waals surface area contributed by atoms with E-state index >= 15 is 0 Å². The molecule has 1 amide bonds. The average Bonchev–Trinajstić information content (AvgIpc) is 2.26. The van der Waals surface area contributed by atoms with Gasteiger partial charge in [-0.3, -0.25) is 9.59 Å². The van der Waals surface area contributed by atoms with E-state index in [1.165, 1.54) is 6.92 Å². The van der Waals surface area contributed by atoms with E-state index in [2.05, 4.69) is 5.32 Å². The van der Waals surface area contributed by atoms with Gasteiger partial charge in [-0.1, -0.05) is 30.3 Å². The van der Waals surface area contributed by atoms with Crippen molar-refractivity contribution in [1.82, 2.24) is 5.32 Å². The molecule has 1 aromatic rings. The SMILES string of the molecule is CC(=O)NC(CCC(=O)O)Cc1ccccc1. The first-order chi connectivity index (χ1) is 8.08. The Kier molecular flexibility index (Phi) is 5.20. The van der Waals surface area contributed by atoms with Crippen LogP contribution in [0.5, 0.6) is 0 Å². The number of aliphatic carboxylic acids is 1. The van der Waals surface area contributed by atoms with Crippen molar-refractivity contribution in [2.75, 3.05) is 0 Å². The van der Waals surface area contributed by atoms with E-state index in [-0.39, 0.29) is 18.4 Å². The van der Waals surface area contributed by atoms with Crippen LogP contribution >= 0.6 is 0 Å². The van der Waals surface area contributed by atoms with Crippen LogP contribution in [0.25, 0.3) is 0 Å². The second kappa shape index (κ2) is 6.68. The largest absolute Gasteiger partial charge is 0.481 e. The Morgan fingerprint density at radius 2 is 1.94 bits per heavy atom. The third-order valence-corrected chi connectivity index (χ3v) is 2.44. The molecule has 0 bridgehead atoms. The molecule has 0 aliphatic heterocycles. The molecule has 0 aromatic heterocycles. The van der Waals surface area contributed by atoms with Crippen LogP contribution in [0.2, 0.25) is 0 Å².